The van der Waals surface area contributed by atoms with Crippen LogP contribution in [0.25, 0.3) is 0 Å². The van der Waals surface area contributed by atoms with Crippen LogP contribution >= 0.6 is 0 Å². The van der Waals surface area contributed by atoms with Gasteiger partial charge in [0.15, 0.2) is 11.5 Å². The first-order valence-corrected chi connectivity index (χ1v) is 8.83. The molecule has 2 aromatic rings. The molecule has 3 N–H and O–H groups in total. The van der Waals surface area contributed by atoms with Gasteiger partial charge in [0.2, 0.25) is 6.79 Å². The number of aliphatic carboxylic acids is 1. The second-order valence-corrected chi connectivity index (χ2v) is 7.06. The van der Waals surface area contributed by atoms with Crippen molar-refractivity contribution in [2.75, 3.05) is 12.1 Å². The van der Waals surface area contributed by atoms with Gasteiger partial charge in [0, 0.05) is 23.2 Å². The Morgan fingerprint density at radius 2 is 1.83 bits per heavy atom. The summed E-state index contributed by atoms with van der Waals surface area (Å²) < 4.78 is 16.2. The molecule has 0 fully saturated rings. The minimum absolute atomic E-state index is 0.0659. The van der Waals surface area contributed by atoms with E-state index in [-0.39, 0.29) is 12.5 Å². The lowest BCUT2D eigenvalue weighted by Gasteiger charge is -2.31. The van der Waals surface area contributed by atoms with Crippen LogP contribution < -0.4 is 14.8 Å². The molecule has 0 saturated carbocycles. The Morgan fingerprint density at radius 3 is 2.52 bits per heavy atom. The van der Waals surface area contributed by atoms with Crippen molar-refractivity contribution in [1.29, 1.82) is 0 Å². The molecule has 1 amide bonds. The third-order valence-electron chi connectivity index (χ3n) is 4.37. The summed E-state index contributed by atoms with van der Waals surface area (Å²) >= 11 is 0. The molecule has 0 bridgehead atoms. The minimum atomic E-state index is -1.10. The molecule has 8 heteroatoms. The van der Waals surface area contributed by atoms with E-state index in [0.29, 0.717) is 22.7 Å². The molecule has 0 radical (unpaired) electrons. The van der Waals surface area contributed by atoms with Gasteiger partial charge in [-0.2, -0.15) is 0 Å². The number of ether oxygens (including phenoxy) is 3. The predicted molar refractivity (Wildman–Crippen MR) is 104 cm³/mol. The minimum Gasteiger partial charge on any atom is -0.508 e. The zero-order valence-electron chi connectivity index (χ0n) is 15.9. The van der Waals surface area contributed by atoms with Crippen molar-refractivity contribution in [3.8, 4) is 17.2 Å². The number of phenols is 1. The van der Waals surface area contributed by atoms with E-state index in [9.17, 15) is 14.7 Å². The van der Waals surface area contributed by atoms with Gasteiger partial charge in [0.05, 0.1) is 0 Å². The zero-order valence-corrected chi connectivity index (χ0v) is 15.9. The molecule has 152 valence electrons. The summed E-state index contributed by atoms with van der Waals surface area (Å²) in [7, 11) is 0. The summed E-state index contributed by atoms with van der Waals surface area (Å²) in [5.41, 5.74) is 0.216. The smallest absolute Gasteiger partial charge is 0.412 e. The molecular weight excluding hydrogens is 378 g/mol. The molecule has 1 aliphatic heterocycles. The fourth-order valence-electron chi connectivity index (χ4n) is 2.90. The van der Waals surface area contributed by atoms with Gasteiger partial charge < -0.3 is 24.4 Å². The molecule has 1 heterocycles. The molecule has 0 saturated heterocycles. The molecular formula is C21H21NO7. The highest BCUT2D eigenvalue weighted by Crippen LogP contribution is 2.39. The predicted octanol–water partition coefficient (Wildman–Crippen LogP) is 4.08. The van der Waals surface area contributed by atoms with Crippen LogP contribution in [0.5, 0.6) is 17.2 Å². The Kier molecular flexibility index (Phi) is 5.63. The molecule has 29 heavy (non-hydrogen) atoms. The molecule has 2 aromatic carbocycles. The summed E-state index contributed by atoms with van der Waals surface area (Å²) in [6, 6.07) is 11.1. The lowest BCUT2D eigenvalue weighted by atomic mass is 9.82. The lowest BCUT2D eigenvalue weighted by molar-refractivity contribution is -0.131. The van der Waals surface area contributed by atoms with Gasteiger partial charge in [0.1, 0.15) is 11.9 Å². The average Bonchev–Trinajstić information content (AvgIpc) is 3.13. The first-order chi connectivity index (χ1) is 13.7. The number of hydrogen-bond acceptors (Lipinski definition) is 6. The van der Waals surface area contributed by atoms with Crippen LogP contribution in [0.4, 0.5) is 10.5 Å². The highest BCUT2D eigenvalue weighted by molar-refractivity contribution is 5.85. The summed E-state index contributed by atoms with van der Waals surface area (Å²) in [5.74, 6) is 0.0666. The van der Waals surface area contributed by atoms with Crippen molar-refractivity contribution in [1.82, 2.24) is 0 Å². The number of hydrogen-bond donors (Lipinski definition) is 3. The summed E-state index contributed by atoms with van der Waals surface area (Å²) in [5, 5.41) is 21.1. The number of carboxylic acid groups (broad SMARTS) is 1. The molecule has 8 nitrogen and oxygen atoms in total. The number of anilines is 1. The highest BCUT2D eigenvalue weighted by Gasteiger charge is 2.32. The summed E-state index contributed by atoms with van der Waals surface area (Å²) in [4.78, 5) is 23.5. The van der Waals surface area contributed by atoms with Gasteiger partial charge >= 0.3 is 12.1 Å². The number of rotatable bonds is 6. The first-order valence-electron chi connectivity index (χ1n) is 8.83. The number of fused-ring (bicyclic) bond motifs is 1. The number of carbonyl (C=O) groups excluding carboxylic acids is 1. The Balaban J connectivity index is 1.81. The largest absolute Gasteiger partial charge is 0.508 e. The number of carbonyl (C=O) groups is 2. The SMILES string of the molecule is CC(C)(/C=C/C(=O)O)[C@@H](OC(=O)Nc1ccc2c(c1)OCO2)c1ccc(O)cc1. The number of benzene rings is 2. The Labute approximate surface area is 167 Å². The van der Waals surface area contributed by atoms with Crippen LogP contribution in [0.2, 0.25) is 0 Å². The van der Waals surface area contributed by atoms with Crippen molar-refractivity contribution in [3.05, 3.63) is 60.2 Å². The normalized spacial score (nSPS) is 13.9. The maximum absolute atomic E-state index is 12.6. The van der Waals surface area contributed by atoms with Crippen molar-refractivity contribution >= 4 is 17.7 Å². The summed E-state index contributed by atoms with van der Waals surface area (Å²) in [6.45, 7) is 3.62. The fourth-order valence-corrected chi connectivity index (χ4v) is 2.90. The van der Waals surface area contributed by atoms with Crippen molar-refractivity contribution in [2.24, 2.45) is 5.41 Å². The number of amides is 1. The van der Waals surface area contributed by atoms with E-state index in [2.05, 4.69) is 5.32 Å². The Morgan fingerprint density at radius 1 is 1.14 bits per heavy atom. The second-order valence-electron chi connectivity index (χ2n) is 7.06. The topological polar surface area (TPSA) is 114 Å². The lowest BCUT2D eigenvalue weighted by Crippen LogP contribution is -2.27. The Bertz CT molecular complexity index is 935. The van der Waals surface area contributed by atoms with E-state index in [4.69, 9.17) is 19.3 Å². The van der Waals surface area contributed by atoms with E-state index in [1.807, 2.05) is 0 Å². The first kappa shape index (κ1) is 20.1. The van der Waals surface area contributed by atoms with Gasteiger partial charge in [-0.1, -0.05) is 32.1 Å². The van der Waals surface area contributed by atoms with Crippen LogP contribution in [0, 0.1) is 5.41 Å². The molecule has 0 spiro atoms. The third kappa shape index (κ3) is 4.98. The maximum atomic E-state index is 12.6. The number of aromatic hydroxyl groups is 1. The zero-order chi connectivity index (χ0) is 21.0. The molecule has 0 aromatic heterocycles. The van der Waals surface area contributed by atoms with Crippen molar-refractivity contribution in [3.63, 3.8) is 0 Å². The molecule has 0 aliphatic carbocycles. The van der Waals surface area contributed by atoms with E-state index in [0.717, 1.165) is 6.08 Å². The van der Waals surface area contributed by atoms with E-state index in [1.54, 1.807) is 44.2 Å². The molecule has 1 atom stereocenters. The molecule has 1 aliphatic rings. The average molecular weight is 399 g/mol. The molecule has 3 rings (SSSR count). The standard InChI is InChI=1S/C21H21NO7/c1-21(2,10-9-18(24)25)19(13-3-6-15(23)7-4-13)29-20(26)22-14-5-8-16-17(11-14)28-12-27-16/h3-11,19,23H,12H2,1-2H3,(H,22,26)(H,24,25)/b10-9+/t19-/m0/s1. The Hall–Kier alpha value is -3.68. The quantitative estimate of drug-likeness (QED) is 0.627. The van der Waals surface area contributed by atoms with Crippen LogP contribution in [-0.4, -0.2) is 29.1 Å². The van der Waals surface area contributed by atoms with Crippen molar-refractivity contribution < 1.29 is 34.0 Å². The van der Waals surface area contributed by atoms with Gasteiger partial charge in [-0.05, 0) is 29.8 Å². The number of carboxylic acids is 1. The van der Waals surface area contributed by atoms with E-state index < -0.39 is 23.6 Å². The van der Waals surface area contributed by atoms with E-state index in [1.165, 1.54) is 18.2 Å². The van der Waals surface area contributed by atoms with Crippen LogP contribution in [-0.2, 0) is 9.53 Å². The third-order valence-corrected chi connectivity index (χ3v) is 4.37. The van der Waals surface area contributed by atoms with Gasteiger partial charge in [-0.25, -0.2) is 9.59 Å². The number of phenolic OH excluding ortho intramolecular Hbond substituents is 1. The van der Waals surface area contributed by atoms with Gasteiger partial charge in [-0.3, -0.25) is 5.32 Å². The summed E-state index contributed by atoms with van der Waals surface area (Å²) in [6.07, 6.45) is 0.930. The van der Waals surface area contributed by atoms with Gasteiger partial charge in [-0.15, -0.1) is 0 Å². The van der Waals surface area contributed by atoms with E-state index >= 15 is 0 Å². The van der Waals surface area contributed by atoms with Crippen LogP contribution in [0.15, 0.2) is 54.6 Å². The van der Waals surface area contributed by atoms with Crippen LogP contribution in [0.1, 0.15) is 25.5 Å². The van der Waals surface area contributed by atoms with Crippen LogP contribution in [0.3, 0.4) is 0 Å². The van der Waals surface area contributed by atoms with Crippen molar-refractivity contribution in [2.45, 2.75) is 20.0 Å². The van der Waals surface area contributed by atoms with Gasteiger partial charge in [0.25, 0.3) is 0 Å². The highest BCUT2D eigenvalue weighted by atomic mass is 16.7. The monoisotopic (exact) mass is 399 g/mol. The second kappa shape index (κ2) is 8.14. The number of nitrogens with one attached hydrogen (secondary N) is 1. The maximum Gasteiger partial charge on any atom is 0.412 e. The fraction of sp³-hybridized carbons (Fsp3) is 0.238. The molecule has 0 unspecified atom stereocenters.